The Morgan fingerprint density at radius 2 is 1.90 bits per heavy atom. The minimum Gasteiger partial charge on any atom is -0.340 e. The first-order chi connectivity index (χ1) is 18.8. The SMILES string of the molecule is Cc1nn(-c2ncnc3nc[nH]c23)c2c1[C@@]1(CC(=O)N2)C(=O)N(Cc2ccc(F)cc2)c2c(Cl)cc(Cl)cc21. The molecule has 1 spiro atoms. The minimum absolute atomic E-state index is 0.111. The summed E-state index contributed by atoms with van der Waals surface area (Å²) < 4.78 is 15.1. The number of aryl methyl sites for hydroxylation is 1. The van der Waals surface area contributed by atoms with Crippen LogP contribution in [0.5, 0.6) is 0 Å². The van der Waals surface area contributed by atoms with Crippen molar-refractivity contribution in [3.05, 3.63) is 87.3 Å². The number of fused-ring (bicyclic) bond motifs is 5. The van der Waals surface area contributed by atoms with Gasteiger partial charge in [0.2, 0.25) is 11.8 Å². The fourth-order valence-electron chi connectivity index (χ4n) is 5.67. The Morgan fingerprint density at radius 1 is 1.10 bits per heavy atom. The van der Waals surface area contributed by atoms with E-state index in [1.54, 1.807) is 31.2 Å². The summed E-state index contributed by atoms with van der Waals surface area (Å²) in [6, 6.07) is 9.08. The number of hydrogen-bond donors (Lipinski definition) is 2. The molecule has 194 valence electrons. The second-order valence-electron chi connectivity index (χ2n) is 9.45. The van der Waals surface area contributed by atoms with E-state index in [2.05, 4.69) is 25.3 Å². The Hall–Kier alpha value is -4.35. The monoisotopic (exact) mass is 562 g/mol. The highest BCUT2D eigenvalue weighted by atomic mass is 35.5. The number of rotatable bonds is 3. The fraction of sp³-hybridized carbons (Fsp3) is 0.154. The molecule has 0 fully saturated rings. The van der Waals surface area contributed by atoms with Crippen LogP contribution in [0.4, 0.5) is 15.9 Å². The number of halogens is 3. The molecule has 0 bridgehead atoms. The van der Waals surface area contributed by atoms with Gasteiger partial charge in [0.25, 0.3) is 0 Å². The van der Waals surface area contributed by atoms with Crippen molar-refractivity contribution in [2.75, 3.05) is 10.2 Å². The molecule has 0 unspecified atom stereocenters. The molecule has 2 amide bonds. The van der Waals surface area contributed by atoms with Crippen LogP contribution in [0.2, 0.25) is 10.0 Å². The van der Waals surface area contributed by atoms with E-state index in [0.717, 1.165) is 0 Å². The largest absolute Gasteiger partial charge is 0.340 e. The van der Waals surface area contributed by atoms with Crippen LogP contribution >= 0.6 is 23.2 Å². The van der Waals surface area contributed by atoms with Gasteiger partial charge in [-0.2, -0.15) is 9.78 Å². The number of H-pyrrole nitrogens is 1. The van der Waals surface area contributed by atoms with Crippen LogP contribution in [0.25, 0.3) is 17.0 Å². The molecule has 10 nitrogen and oxygen atoms in total. The Bertz CT molecular complexity index is 1850. The lowest BCUT2D eigenvalue weighted by molar-refractivity contribution is -0.126. The van der Waals surface area contributed by atoms with Crippen molar-refractivity contribution in [3.63, 3.8) is 0 Å². The topological polar surface area (TPSA) is 122 Å². The Kier molecular flexibility index (Phi) is 5.07. The highest BCUT2D eigenvalue weighted by molar-refractivity contribution is 6.38. The Morgan fingerprint density at radius 3 is 2.69 bits per heavy atom. The van der Waals surface area contributed by atoms with E-state index in [0.29, 0.717) is 55.9 Å². The number of carbonyl (C=O) groups excluding carboxylic acids is 2. The average Bonchev–Trinajstić information content (AvgIpc) is 3.57. The number of aromatic nitrogens is 6. The first-order valence-corrected chi connectivity index (χ1v) is 12.6. The van der Waals surface area contributed by atoms with Gasteiger partial charge in [0.15, 0.2) is 11.5 Å². The molecular weight excluding hydrogens is 546 g/mol. The van der Waals surface area contributed by atoms with Gasteiger partial charge in [-0.25, -0.2) is 19.3 Å². The second-order valence-corrected chi connectivity index (χ2v) is 10.3. The average molecular weight is 563 g/mol. The maximum Gasteiger partial charge on any atom is 0.243 e. The van der Waals surface area contributed by atoms with Crippen LogP contribution in [-0.4, -0.2) is 41.5 Å². The predicted molar refractivity (Wildman–Crippen MR) is 142 cm³/mol. The highest BCUT2D eigenvalue weighted by Gasteiger charge is 2.58. The van der Waals surface area contributed by atoms with Gasteiger partial charge in [-0.1, -0.05) is 35.3 Å². The molecule has 2 aliphatic heterocycles. The minimum atomic E-state index is -1.45. The lowest BCUT2D eigenvalue weighted by Gasteiger charge is -2.33. The Labute approximate surface area is 229 Å². The standard InChI is InChI=1S/C26H17Cl2FN8O2/c1-12-19-23(37(35-12)24-20-22(31-10-30-20)32-11-33-24)34-18(38)8-26(19)16-6-14(27)7-17(28)21(16)36(25(26)39)9-13-2-4-15(29)5-3-13/h2-7,10-11H,8-9H2,1H3,(H,34,38)(H,30,31,32,33)/t26-/m0/s1. The number of anilines is 2. The third-order valence-electron chi connectivity index (χ3n) is 7.20. The number of benzene rings is 2. The molecule has 5 aromatic rings. The van der Waals surface area contributed by atoms with Crippen molar-refractivity contribution < 1.29 is 14.0 Å². The quantitative estimate of drug-likeness (QED) is 0.334. The van der Waals surface area contributed by atoms with Crippen LogP contribution in [0.3, 0.4) is 0 Å². The molecule has 13 heteroatoms. The van der Waals surface area contributed by atoms with Gasteiger partial charge in [0.05, 0.1) is 29.3 Å². The van der Waals surface area contributed by atoms with Crippen molar-refractivity contribution in [3.8, 4) is 5.82 Å². The third-order valence-corrected chi connectivity index (χ3v) is 7.70. The summed E-state index contributed by atoms with van der Waals surface area (Å²) in [5.41, 5.74) is 2.14. The number of nitrogens with one attached hydrogen (secondary N) is 2. The van der Waals surface area contributed by atoms with Gasteiger partial charge < -0.3 is 15.2 Å². The molecule has 2 aromatic carbocycles. The lowest BCUT2D eigenvalue weighted by atomic mass is 9.70. The number of amides is 2. The highest BCUT2D eigenvalue weighted by Crippen LogP contribution is 2.56. The van der Waals surface area contributed by atoms with Crippen molar-refractivity contribution >= 4 is 57.7 Å². The summed E-state index contributed by atoms with van der Waals surface area (Å²) >= 11 is 13.2. The van der Waals surface area contributed by atoms with Crippen LogP contribution in [0.1, 0.15) is 28.8 Å². The van der Waals surface area contributed by atoms with Crippen molar-refractivity contribution in [2.45, 2.75) is 25.3 Å². The molecule has 0 radical (unpaired) electrons. The summed E-state index contributed by atoms with van der Waals surface area (Å²) in [7, 11) is 0. The molecule has 5 heterocycles. The molecule has 0 saturated heterocycles. The Balaban J connectivity index is 1.48. The normalized spacial score (nSPS) is 18.1. The number of hydrogen-bond acceptors (Lipinski definition) is 6. The summed E-state index contributed by atoms with van der Waals surface area (Å²) in [6.07, 6.45) is 2.65. The van der Waals surface area contributed by atoms with Gasteiger partial charge in [0.1, 0.15) is 28.9 Å². The maximum atomic E-state index is 14.5. The third kappa shape index (κ3) is 3.33. The van der Waals surface area contributed by atoms with E-state index in [-0.39, 0.29) is 29.7 Å². The van der Waals surface area contributed by atoms with Crippen molar-refractivity contribution in [1.29, 1.82) is 0 Å². The zero-order chi connectivity index (χ0) is 27.1. The molecule has 3 aromatic heterocycles. The smallest absolute Gasteiger partial charge is 0.243 e. The first kappa shape index (κ1) is 23.7. The van der Waals surface area contributed by atoms with Gasteiger partial charge in [-0.3, -0.25) is 9.59 Å². The van der Waals surface area contributed by atoms with Crippen LogP contribution in [-0.2, 0) is 21.5 Å². The van der Waals surface area contributed by atoms with Crippen molar-refractivity contribution in [2.24, 2.45) is 0 Å². The van der Waals surface area contributed by atoms with E-state index in [1.807, 2.05) is 0 Å². The van der Waals surface area contributed by atoms with E-state index in [4.69, 9.17) is 28.3 Å². The summed E-state index contributed by atoms with van der Waals surface area (Å²) in [5.74, 6) is -0.479. The molecule has 7 rings (SSSR count). The van der Waals surface area contributed by atoms with E-state index in [1.165, 1.54) is 34.4 Å². The summed E-state index contributed by atoms with van der Waals surface area (Å²) in [4.78, 5) is 45.1. The first-order valence-electron chi connectivity index (χ1n) is 11.9. The molecule has 2 aliphatic rings. The molecule has 0 saturated carbocycles. The van der Waals surface area contributed by atoms with E-state index < -0.39 is 11.3 Å². The second kappa shape index (κ2) is 8.32. The number of carbonyl (C=O) groups is 2. The zero-order valence-corrected chi connectivity index (χ0v) is 21.7. The number of aromatic amines is 1. The van der Waals surface area contributed by atoms with E-state index in [9.17, 15) is 14.0 Å². The van der Waals surface area contributed by atoms with Gasteiger partial charge in [0, 0.05) is 17.0 Å². The van der Waals surface area contributed by atoms with Gasteiger partial charge in [-0.15, -0.1) is 0 Å². The number of imidazole rings is 1. The maximum absolute atomic E-state index is 14.5. The number of nitrogens with zero attached hydrogens (tertiary/aromatic N) is 6. The van der Waals surface area contributed by atoms with Crippen molar-refractivity contribution in [1.82, 2.24) is 29.7 Å². The molecule has 1 atom stereocenters. The van der Waals surface area contributed by atoms with Crippen LogP contribution in [0.15, 0.2) is 49.1 Å². The fourth-order valence-corrected chi connectivity index (χ4v) is 6.27. The van der Waals surface area contributed by atoms with Gasteiger partial charge in [-0.05, 0) is 42.3 Å². The molecular formula is C26H17Cl2FN8O2. The summed E-state index contributed by atoms with van der Waals surface area (Å²) in [5, 5.41) is 8.18. The van der Waals surface area contributed by atoms with Crippen LogP contribution < -0.4 is 10.2 Å². The summed E-state index contributed by atoms with van der Waals surface area (Å²) in [6.45, 7) is 1.88. The molecule has 39 heavy (non-hydrogen) atoms. The van der Waals surface area contributed by atoms with E-state index >= 15 is 0 Å². The molecule has 0 aliphatic carbocycles. The zero-order valence-electron chi connectivity index (χ0n) is 20.2. The van der Waals surface area contributed by atoms with Crippen LogP contribution in [0, 0.1) is 12.7 Å². The lowest BCUT2D eigenvalue weighted by Crippen LogP contribution is -2.46. The predicted octanol–water partition coefficient (Wildman–Crippen LogP) is 4.47. The van der Waals surface area contributed by atoms with Gasteiger partial charge >= 0.3 is 0 Å². The molecule has 2 N–H and O–H groups in total.